The molecule has 0 bridgehead atoms. The molecule has 1 unspecified atom stereocenters. The van der Waals surface area contributed by atoms with Crippen molar-refractivity contribution in [2.24, 2.45) is 10.7 Å². The van der Waals surface area contributed by atoms with Crippen LogP contribution in [-0.4, -0.2) is 36.4 Å². The number of rotatable bonds is 6. The molecule has 0 saturated heterocycles. The zero-order chi connectivity index (χ0) is 15.8. The van der Waals surface area contributed by atoms with Gasteiger partial charge in [0.05, 0.1) is 11.0 Å². The minimum Gasteiger partial charge on any atom is -0.490 e. The molecule has 0 aliphatic heterocycles. The number of aliphatic hydroxyl groups excluding tert-OH is 1. The van der Waals surface area contributed by atoms with Crippen molar-refractivity contribution in [1.29, 1.82) is 0 Å². The molecule has 1 fully saturated rings. The van der Waals surface area contributed by atoms with Gasteiger partial charge in [-0.1, -0.05) is 31.4 Å². The fourth-order valence-corrected chi connectivity index (χ4v) is 2.91. The molecule has 22 heavy (non-hydrogen) atoms. The van der Waals surface area contributed by atoms with Gasteiger partial charge >= 0.3 is 0 Å². The van der Waals surface area contributed by atoms with Gasteiger partial charge < -0.3 is 20.9 Å². The van der Waals surface area contributed by atoms with Crippen LogP contribution in [0.4, 0.5) is 0 Å². The van der Waals surface area contributed by atoms with Crippen LogP contribution in [0.3, 0.4) is 0 Å². The normalized spacial score (nSPS) is 18.0. The van der Waals surface area contributed by atoms with Crippen LogP contribution >= 0.6 is 15.9 Å². The molecule has 122 valence electrons. The van der Waals surface area contributed by atoms with E-state index in [2.05, 4.69) is 26.2 Å². The molecule has 6 heteroatoms. The molecule has 0 amide bonds. The number of guanidine groups is 1. The predicted octanol–water partition coefficient (Wildman–Crippen LogP) is 2.43. The number of hydrogen-bond acceptors (Lipinski definition) is 3. The van der Waals surface area contributed by atoms with Crippen molar-refractivity contribution >= 4 is 21.9 Å². The molecule has 4 N–H and O–H groups in total. The summed E-state index contributed by atoms with van der Waals surface area (Å²) in [5.41, 5.74) is 5.86. The molecule has 1 aliphatic rings. The van der Waals surface area contributed by atoms with Crippen LogP contribution in [0.15, 0.2) is 33.7 Å². The van der Waals surface area contributed by atoms with Crippen molar-refractivity contribution < 1.29 is 9.84 Å². The van der Waals surface area contributed by atoms with Gasteiger partial charge in [-0.05, 0) is 40.9 Å². The Hall–Kier alpha value is -1.27. The van der Waals surface area contributed by atoms with E-state index in [-0.39, 0.29) is 13.2 Å². The zero-order valence-electron chi connectivity index (χ0n) is 12.7. The summed E-state index contributed by atoms with van der Waals surface area (Å²) in [4.78, 5) is 4.19. The molecule has 1 atom stereocenters. The summed E-state index contributed by atoms with van der Waals surface area (Å²) in [6.45, 7) is 0.416. The van der Waals surface area contributed by atoms with Crippen molar-refractivity contribution in [3.63, 3.8) is 0 Å². The second-order valence-electron chi connectivity index (χ2n) is 5.60. The minimum atomic E-state index is -0.682. The van der Waals surface area contributed by atoms with Crippen LogP contribution in [0.25, 0.3) is 0 Å². The van der Waals surface area contributed by atoms with E-state index in [1.165, 1.54) is 19.3 Å². The standard InChI is InChI=1S/C16H24BrN3O2/c17-14-8-4-5-9-15(14)22-11-13(21)10-19-16(18)20-12-6-2-1-3-7-12/h4-5,8-9,12-13,21H,1-3,6-7,10-11H2,(H3,18,19,20). The maximum absolute atomic E-state index is 9.93. The van der Waals surface area contributed by atoms with Crippen LogP contribution < -0.4 is 15.8 Å². The monoisotopic (exact) mass is 369 g/mol. The number of hydrogen-bond donors (Lipinski definition) is 3. The fraction of sp³-hybridized carbons (Fsp3) is 0.562. The van der Waals surface area contributed by atoms with E-state index in [1.54, 1.807) is 0 Å². The average Bonchev–Trinajstić information content (AvgIpc) is 2.53. The predicted molar refractivity (Wildman–Crippen MR) is 92.1 cm³/mol. The maximum Gasteiger partial charge on any atom is 0.188 e. The Morgan fingerprint density at radius 2 is 2.09 bits per heavy atom. The van der Waals surface area contributed by atoms with Gasteiger partial charge in [0.15, 0.2) is 5.96 Å². The summed E-state index contributed by atoms with van der Waals surface area (Å²) in [5, 5.41) is 13.2. The molecule has 1 aromatic rings. The van der Waals surface area contributed by atoms with E-state index in [1.807, 2.05) is 24.3 Å². The van der Waals surface area contributed by atoms with E-state index >= 15 is 0 Å². The Kier molecular flexibility index (Phi) is 6.99. The third-order valence-electron chi connectivity index (χ3n) is 3.70. The van der Waals surface area contributed by atoms with Crippen molar-refractivity contribution in [3.05, 3.63) is 28.7 Å². The molecule has 0 radical (unpaired) electrons. The summed E-state index contributed by atoms with van der Waals surface area (Å²) in [5.74, 6) is 1.12. The highest BCUT2D eigenvalue weighted by Crippen LogP contribution is 2.23. The number of benzene rings is 1. The largest absolute Gasteiger partial charge is 0.490 e. The van der Waals surface area contributed by atoms with Crippen molar-refractivity contribution in [3.8, 4) is 5.75 Å². The Labute approximate surface area is 140 Å². The lowest BCUT2D eigenvalue weighted by Crippen LogP contribution is -2.41. The van der Waals surface area contributed by atoms with E-state index in [4.69, 9.17) is 10.5 Å². The lowest BCUT2D eigenvalue weighted by atomic mass is 9.96. The van der Waals surface area contributed by atoms with E-state index in [0.717, 1.165) is 17.3 Å². The first-order chi connectivity index (χ1) is 10.6. The van der Waals surface area contributed by atoms with Crippen molar-refractivity contribution in [2.45, 2.75) is 44.2 Å². The molecule has 1 aliphatic carbocycles. The lowest BCUT2D eigenvalue weighted by Gasteiger charge is -2.23. The first-order valence-corrected chi connectivity index (χ1v) is 8.56. The van der Waals surface area contributed by atoms with Gasteiger partial charge in [0.25, 0.3) is 0 Å². The number of nitrogens with two attached hydrogens (primary N) is 1. The molecule has 0 heterocycles. The third kappa shape index (κ3) is 5.85. The molecule has 1 saturated carbocycles. The Morgan fingerprint density at radius 1 is 1.36 bits per heavy atom. The quantitative estimate of drug-likeness (QED) is 0.531. The van der Waals surface area contributed by atoms with Crippen LogP contribution in [0.5, 0.6) is 5.75 Å². The Morgan fingerprint density at radius 3 is 2.82 bits per heavy atom. The minimum absolute atomic E-state index is 0.183. The maximum atomic E-state index is 9.93. The molecule has 5 nitrogen and oxygen atoms in total. The topological polar surface area (TPSA) is 79.9 Å². The van der Waals surface area contributed by atoms with Gasteiger partial charge in [0.2, 0.25) is 0 Å². The smallest absolute Gasteiger partial charge is 0.188 e. The SMILES string of the molecule is NC(=NCC(O)COc1ccccc1Br)NC1CCCCC1. The van der Waals surface area contributed by atoms with Gasteiger partial charge in [0.1, 0.15) is 18.5 Å². The van der Waals surface area contributed by atoms with Gasteiger partial charge in [-0.15, -0.1) is 0 Å². The van der Waals surface area contributed by atoms with Crippen LogP contribution in [0.1, 0.15) is 32.1 Å². The van der Waals surface area contributed by atoms with Crippen LogP contribution in [0.2, 0.25) is 0 Å². The number of para-hydroxylation sites is 1. The summed E-state index contributed by atoms with van der Waals surface area (Å²) in [7, 11) is 0. The first-order valence-electron chi connectivity index (χ1n) is 7.77. The summed E-state index contributed by atoms with van der Waals surface area (Å²) >= 11 is 3.40. The number of nitrogens with zero attached hydrogens (tertiary/aromatic N) is 1. The Bertz CT molecular complexity index is 490. The molecule has 0 spiro atoms. The second-order valence-corrected chi connectivity index (χ2v) is 6.45. The van der Waals surface area contributed by atoms with Crippen LogP contribution in [0, 0.1) is 0 Å². The molecular formula is C16H24BrN3O2. The number of aliphatic imine (C=N–C) groups is 1. The third-order valence-corrected chi connectivity index (χ3v) is 4.35. The summed E-state index contributed by atoms with van der Waals surface area (Å²) in [6.07, 6.45) is 5.40. The molecular weight excluding hydrogens is 346 g/mol. The van der Waals surface area contributed by atoms with E-state index in [0.29, 0.717) is 17.8 Å². The summed E-state index contributed by atoms with van der Waals surface area (Å²) in [6, 6.07) is 7.96. The number of ether oxygens (including phenoxy) is 1. The Balaban J connectivity index is 1.70. The zero-order valence-corrected chi connectivity index (χ0v) is 14.3. The highest BCUT2D eigenvalue weighted by molar-refractivity contribution is 9.10. The van der Waals surface area contributed by atoms with E-state index < -0.39 is 6.10 Å². The number of halogens is 1. The average molecular weight is 370 g/mol. The van der Waals surface area contributed by atoms with Gasteiger partial charge in [0, 0.05) is 6.04 Å². The van der Waals surface area contributed by atoms with Crippen LogP contribution in [-0.2, 0) is 0 Å². The van der Waals surface area contributed by atoms with Gasteiger partial charge in [-0.2, -0.15) is 0 Å². The number of aliphatic hydroxyl groups is 1. The molecule has 0 aromatic heterocycles. The lowest BCUT2D eigenvalue weighted by molar-refractivity contribution is 0.114. The van der Waals surface area contributed by atoms with E-state index in [9.17, 15) is 5.11 Å². The highest BCUT2D eigenvalue weighted by Gasteiger charge is 2.13. The number of nitrogens with one attached hydrogen (secondary N) is 1. The van der Waals surface area contributed by atoms with Gasteiger partial charge in [-0.3, -0.25) is 4.99 Å². The summed E-state index contributed by atoms with van der Waals surface area (Å²) < 4.78 is 6.42. The first kappa shape index (κ1) is 17.1. The molecule has 2 rings (SSSR count). The van der Waals surface area contributed by atoms with Crippen molar-refractivity contribution in [2.75, 3.05) is 13.2 Å². The fourth-order valence-electron chi connectivity index (χ4n) is 2.51. The highest BCUT2D eigenvalue weighted by atomic mass is 79.9. The molecule has 1 aromatic carbocycles. The second kappa shape index (κ2) is 9.00. The van der Waals surface area contributed by atoms with Gasteiger partial charge in [-0.25, -0.2) is 0 Å². The van der Waals surface area contributed by atoms with Crippen molar-refractivity contribution in [1.82, 2.24) is 5.32 Å².